The second kappa shape index (κ2) is 10.8. The molecule has 0 radical (unpaired) electrons. The Morgan fingerprint density at radius 3 is 1.73 bits per heavy atom. The topological polar surface area (TPSA) is 3.24 Å². The molecule has 0 amide bonds. The molecule has 6 aromatic rings. The van der Waals surface area contributed by atoms with Crippen LogP contribution in [0.4, 0.5) is 17.1 Å². The molecular formula is C44H39N. The van der Waals surface area contributed by atoms with Gasteiger partial charge in [0.15, 0.2) is 0 Å². The molecule has 0 aromatic heterocycles. The Kier molecular flexibility index (Phi) is 6.40. The Morgan fingerprint density at radius 1 is 0.444 bits per heavy atom. The van der Waals surface area contributed by atoms with E-state index in [2.05, 4.69) is 150 Å². The summed E-state index contributed by atoms with van der Waals surface area (Å²) in [5.74, 6) is 2.90. The fourth-order valence-electron chi connectivity index (χ4n) is 9.57. The minimum absolute atomic E-state index is 0.437. The second-order valence-electron chi connectivity index (χ2n) is 14.1. The van der Waals surface area contributed by atoms with Crippen LogP contribution in [0.15, 0.2) is 146 Å². The van der Waals surface area contributed by atoms with Gasteiger partial charge in [0.05, 0.1) is 5.69 Å². The summed E-state index contributed by atoms with van der Waals surface area (Å²) >= 11 is 0. The fourth-order valence-corrected chi connectivity index (χ4v) is 9.57. The van der Waals surface area contributed by atoms with Crippen molar-refractivity contribution in [3.05, 3.63) is 151 Å². The molecule has 4 aliphatic rings. The third-order valence-corrected chi connectivity index (χ3v) is 11.2. The Bertz CT molecular complexity index is 1930. The lowest BCUT2D eigenvalue weighted by Crippen LogP contribution is -2.48. The van der Waals surface area contributed by atoms with Gasteiger partial charge in [0.25, 0.3) is 0 Å². The summed E-state index contributed by atoms with van der Waals surface area (Å²) in [6.45, 7) is 0. The third kappa shape index (κ3) is 4.77. The Hall–Kier alpha value is -4.62. The van der Waals surface area contributed by atoms with E-state index in [-0.39, 0.29) is 0 Å². The van der Waals surface area contributed by atoms with Gasteiger partial charge >= 0.3 is 0 Å². The summed E-state index contributed by atoms with van der Waals surface area (Å²) < 4.78 is 0. The average molecular weight is 582 g/mol. The number of rotatable bonds is 6. The monoisotopic (exact) mass is 581 g/mol. The molecule has 0 N–H and O–H groups in total. The molecule has 0 aliphatic heterocycles. The van der Waals surface area contributed by atoms with E-state index in [0.29, 0.717) is 5.41 Å². The Balaban J connectivity index is 1.10. The van der Waals surface area contributed by atoms with E-state index in [1.54, 1.807) is 5.56 Å². The van der Waals surface area contributed by atoms with Crippen molar-refractivity contribution in [3.63, 3.8) is 0 Å². The van der Waals surface area contributed by atoms with Crippen molar-refractivity contribution >= 4 is 27.8 Å². The molecule has 10 rings (SSSR count). The number of fused-ring (bicyclic) bond motifs is 1. The molecule has 0 atom stereocenters. The summed E-state index contributed by atoms with van der Waals surface area (Å²) in [5, 5.41) is 2.50. The largest absolute Gasteiger partial charge is 0.310 e. The molecule has 220 valence electrons. The van der Waals surface area contributed by atoms with E-state index < -0.39 is 0 Å². The molecule has 0 heterocycles. The highest BCUT2D eigenvalue weighted by Crippen LogP contribution is 2.60. The zero-order valence-electron chi connectivity index (χ0n) is 25.8. The van der Waals surface area contributed by atoms with Crippen molar-refractivity contribution in [1.29, 1.82) is 0 Å². The first-order valence-electron chi connectivity index (χ1n) is 16.9. The molecule has 6 aromatic carbocycles. The van der Waals surface area contributed by atoms with Crippen LogP contribution < -0.4 is 4.90 Å². The summed E-state index contributed by atoms with van der Waals surface area (Å²) in [7, 11) is 0. The summed E-state index contributed by atoms with van der Waals surface area (Å²) in [4.78, 5) is 2.42. The predicted octanol–water partition coefficient (Wildman–Crippen LogP) is 12.1. The molecule has 4 saturated carbocycles. The maximum atomic E-state index is 2.47. The molecule has 45 heavy (non-hydrogen) atoms. The van der Waals surface area contributed by atoms with E-state index in [1.807, 2.05) is 0 Å². The first-order valence-corrected chi connectivity index (χ1v) is 16.9. The number of nitrogens with zero attached hydrogens (tertiary/aromatic N) is 1. The van der Waals surface area contributed by atoms with Gasteiger partial charge in [-0.3, -0.25) is 0 Å². The normalized spacial score (nSPS) is 23.3. The Morgan fingerprint density at radius 2 is 1.00 bits per heavy atom. The van der Waals surface area contributed by atoms with Gasteiger partial charge < -0.3 is 4.90 Å². The fraction of sp³-hybridized carbons (Fsp3) is 0.227. The predicted molar refractivity (Wildman–Crippen MR) is 189 cm³/mol. The average Bonchev–Trinajstić information content (AvgIpc) is 3.09. The van der Waals surface area contributed by atoms with Crippen LogP contribution in [0, 0.1) is 17.8 Å². The minimum atomic E-state index is 0.437. The number of hydrogen-bond donors (Lipinski definition) is 0. The van der Waals surface area contributed by atoms with Gasteiger partial charge in [0.2, 0.25) is 0 Å². The zero-order valence-corrected chi connectivity index (χ0v) is 25.8. The van der Waals surface area contributed by atoms with Gasteiger partial charge in [0, 0.05) is 16.8 Å². The van der Waals surface area contributed by atoms with Crippen molar-refractivity contribution in [2.75, 3.05) is 4.90 Å². The highest BCUT2D eigenvalue weighted by atomic mass is 15.1. The summed E-state index contributed by atoms with van der Waals surface area (Å²) in [6.07, 6.45) is 8.72. The lowest BCUT2D eigenvalue weighted by atomic mass is 9.48. The standard InChI is InChI=1S/C44H39N/c1-2-8-34(9-3-1)35-18-22-40(23-19-35)45(43-15-7-11-37-10-4-5-14-42(37)43)41-13-6-12-38(27-41)36-16-20-39(21-17-36)44-28-31-24-32(29-44)26-33(25-31)30-44/h1-23,27,31-33H,24-26,28-30H2. The van der Waals surface area contributed by atoms with Crippen LogP contribution in [-0.4, -0.2) is 0 Å². The van der Waals surface area contributed by atoms with E-state index in [1.165, 1.54) is 82.9 Å². The third-order valence-electron chi connectivity index (χ3n) is 11.2. The van der Waals surface area contributed by atoms with Crippen molar-refractivity contribution in [1.82, 2.24) is 0 Å². The van der Waals surface area contributed by atoms with Crippen LogP contribution in [0.25, 0.3) is 33.0 Å². The van der Waals surface area contributed by atoms with Crippen molar-refractivity contribution < 1.29 is 0 Å². The quantitative estimate of drug-likeness (QED) is 0.189. The van der Waals surface area contributed by atoms with Crippen LogP contribution in [0.3, 0.4) is 0 Å². The first kappa shape index (κ1) is 26.8. The summed E-state index contributed by atoms with van der Waals surface area (Å²) in [6, 6.07) is 53.8. The van der Waals surface area contributed by atoms with Gasteiger partial charge in [-0.25, -0.2) is 0 Å². The van der Waals surface area contributed by atoms with Crippen LogP contribution >= 0.6 is 0 Å². The van der Waals surface area contributed by atoms with Crippen molar-refractivity contribution in [2.45, 2.75) is 43.9 Å². The summed E-state index contributed by atoms with van der Waals surface area (Å²) in [5.41, 5.74) is 10.6. The smallest absolute Gasteiger partial charge is 0.0540 e. The maximum Gasteiger partial charge on any atom is 0.0540 e. The van der Waals surface area contributed by atoms with E-state index in [0.717, 1.165) is 23.4 Å². The lowest BCUT2D eigenvalue weighted by Gasteiger charge is -2.57. The molecule has 4 fully saturated rings. The van der Waals surface area contributed by atoms with Gasteiger partial charge in [-0.15, -0.1) is 0 Å². The van der Waals surface area contributed by atoms with E-state index >= 15 is 0 Å². The molecule has 4 bridgehead atoms. The lowest BCUT2D eigenvalue weighted by molar-refractivity contribution is -0.00518. The molecule has 1 nitrogen and oxygen atoms in total. The Labute approximate surface area is 267 Å². The number of hydrogen-bond acceptors (Lipinski definition) is 1. The van der Waals surface area contributed by atoms with Gasteiger partial charge in [-0.1, -0.05) is 115 Å². The SMILES string of the molecule is c1ccc(-c2ccc(N(c3cccc(-c4ccc(C56CC7CC(CC(C7)C5)C6)cc4)c3)c3cccc4ccccc34)cc2)cc1. The van der Waals surface area contributed by atoms with Crippen molar-refractivity contribution in [2.24, 2.45) is 17.8 Å². The highest BCUT2D eigenvalue weighted by molar-refractivity contribution is 5.99. The van der Waals surface area contributed by atoms with Gasteiger partial charge in [0.1, 0.15) is 0 Å². The molecule has 0 unspecified atom stereocenters. The van der Waals surface area contributed by atoms with Crippen LogP contribution in [-0.2, 0) is 5.41 Å². The second-order valence-corrected chi connectivity index (χ2v) is 14.1. The van der Waals surface area contributed by atoms with Crippen LogP contribution in [0.1, 0.15) is 44.1 Å². The molecule has 1 heteroatoms. The molecule has 4 aliphatic carbocycles. The van der Waals surface area contributed by atoms with Gasteiger partial charge in [-0.05, 0) is 125 Å². The first-order chi connectivity index (χ1) is 22.2. The number of anilines is 3. The highest BCUT2D eigenvalue weighted by Gasteiger charge is 2.51. The minimum Gasteiger partial charge on any atom is -0.310 e. The van der Waals surface area contributed by atoms with Crippen LogP contribution in [0.2, 0.25) is 0 Å². The maximum absolute atomic E-state index is 2.47. The molecular weight excluding hydrogens is 542 g/mol. The van der Waals surface area contributed by atoms with Gasteiger partial charge in [-0.2, -0.15) is 0 Å². The number of benzene rings is 6. The zero-order chi connectivity index (χ0) is 29.8. The van der Waals surface area contributed by atoms with E-state index in [4.69, 9.17) is 0 Å². The molecule has 0 saturated heterocycles. The van der Waals surface area contributed by atoms with Crippen LogP contribution in [0.5, 0.6) is 0 Å². The van der Waals surface area contributed by atoms with E-state index in [9.17, 15) is 0 Å². The van der Waals surface area contributed by atoms with Crippen molar-refractivity contribution in [3.8, 4) is 22.3 Å². The molecule has 0 spiro atoms.